The first kappa shape index (κ1) is 55.2. The number of nitrogens with one attached hydrogen (secondary N) is 1. The molecule has 0 radical (unpaired) electrons. The molecule has 0 aromatic carbocycles. The maximum atomic E-state index is 12.9. The van der Waals surface area contributed by atoms with Crippen LogP contribution in [0.1, 0.15) is 206 Å². The highest BCUT2D eigenvalue weighted by atomic mass is 16.7. The van der Waals surface area contributed by atoms with Crippen LogP contribution in [0.2, 0.25) is 0 Å². The molecule has 0 aromatic rings. The summed E-state index contributed by atoms with van der Waals surface area (Å²) in [5.41, 5.74) is 0. The molecule has 344 valence electrons. The molecule has 1 saturated heterocycles. The fraction of sp³-hybridized carbons (Fsp3) is 0.820. The van der Waals surface area contributed by atoms with E-state index in [0.717, 1.165) is 70.6 Å². The van der Waals surface area contributed by atoms with Gasteiger partial charge in [0.2, 0.25) is 5.91 Å². The van der Waals surface area contributed by atoms with Crippen LogP contribution < -0.4 is 5.32 Å². The summed E-state index contributed by atoms with van der Waals surface area (Å²) in [7, 11) is 0. The number of amides is 1. The first-order chi connectivity index (χ1) is 28.8. The quantitative estimate of drug-likeness (QED) is 0.0264. The molecule has 1 aliphatic heterocycles. The van der Waals surface area contributed by atoms with Crippen LogP contribution >= 0.6 is 0 Å². The number of unbranched alkanes of at least 4 members (excludes halogenated alkanes) is 24. The van der Waals surface area contributed by atoms with Crippen molar-refractivity contribution in [1.82, 2.24) is 5.32 Å². The van der Waals surface area contributed by atoms with E-state index in [1.165, 1.54) is 116 Å². The summed E-state index contributed by atoms with van der Waals surface area (Å²) in [6.07, 6.45) is 44.5. The van der Waals surface area contributed by atoms with Crippen LogP contribution in [0.5, 0.6) is 0 Å². The molecule has 1 rings (SSSR count). The van der Waals surface area contributed by atoms with Crippen LogP contribution in [-0.4, -0.2) is 87.5 Å². The average molecular weight is 834 g/mol. The monoisotopic (exact) mass is 834 g/mol. The number of aliphatic hydroxyl groups excluding tert-OH is 5. The van der Waals surface area contributed by atoms with E-state index < -0.39 is 49.5 Å². The van der Waals surface area contributed by atoms with Gasteiger partial charge in [0.1, 0.15) is 24.4 Å². The van der Waals surface area contributed by atoms with Gasteiger partial charge in [-0.3, -0.25) is 4.79 Å². The highest BCUT2D eigenvalue weighted by Crippen LogP contribution is 2.22. The molecular formula is C50H91NO8. The summed E-state index contributed by atoms with van der Waals surface area (Å²) in [6, 6.07) is -0.829. The Kier molecular flexibility index (Phi) is 37.6. The van der Waals surface area contributed by atoms with E-state index in [-0.39, 0.29) is 12.5 Å². The van der Waals surface area contributed by atoms with Gasteiger partial charge >= 0.3 is 0 Å². The molecular weight excluding hydrogens is 743 g/mol. The standard InChI is InChI=1S/C50H91NO8/c1-3-5-7-9-11-13-15-17-19-20-21-22-23-24-25-26-27-29-31-33-35-37-39-44(53)43(42-58-50-49(57)48(56)47(55)45(41-52)59-50)51-46(54)40-38-36-34-32-30-28-18-16-14-12-10-8-6-4-2/h10,12,16,18,29,31,37,39,43-45,47-50,52-53,55-57H,3-9,11,13-15,17,19-28,30,32-36,38,40-42H2,1-2H3,(H,51,54)/b12-10-,18-16-,31-29+,39-37+. The Morgan fingerprint density at radius 2 is 1.03 bits per heavy atom. The highest BCUT2D eigenvalue weighted by molar-refractivity contribution is 5.76. The third-order valence-corrected chi connectivity index (χ3v) is 11.4. The molecule has 7 unspecified atom stereocenters. The molecule has 0 bridgehead atoms. The third kappa shape index (κ3) is 30.8. The minimum absolute atomic E-state index is 0.202. The zero-order chi connectivity index (χ0) is 43.0. The van der Waals surface area contributed by atoms with Crippen molar-refractivity contribution in [3.05, 3.63) is 48.6 Å². The smallest absolute Gasteiger partial charge is 0.220 e. The van der Waals surface area contributed by atoms with E-state index >= 15 is 0 Å². The normalized spacial score (nSPS) is 21.1. The molecule has 59 heavy (non-hydrogen) atoms. The lowest BCUT2D eigenvalue weighted by Gasteiger charge is -2.40. The second kappa shape index (κ2) is 40.2. The van der Waals surface area contributed by atoms with E-state index in [1.54, 1.807) is 6.08 Å². The summed E-state index contributed by atoms with van der Waals surface area (Å²) in [4.78, 5) is 12.9. The lowest BCUT2D eigenvalue weighted by atomic mass is 9.99. The second-order valence-electron chi connectivity index (χ2n) is 16.9. The van der Waals surface area contributed by atoms with Gasteiger partial charge in [0, 0.05) is 6.42 Å². The molecule has 1 heterocycles. The first-order valence-corrected chi connectivity index (χ1v) is 24.4. The Balaban J connectivity index is 2.34. The molecule has 0 aliphatic carbocycles. The Morgan fingerprint density at radius 1 is 0.576 bits per heavy atom. The SMILES string of the molecule is CCCC/C=C\C/C=C\CCCCCCCC(=O)NC(COC1OC(CO)C(O)C(O)C1O)C(O)/C=C/CC/C=C/CCCCCCCCCCCCCCCCCC. The molecule has 1 aliphatic rings. The van der Waals surface area contributed by atoms with E-state index in [4.69, 9.17) is 9.47 Å². The first-order valence-electron chi connectivity index (χ1n) is 24.4. The molecule has 0 spiro atoms. The lowest BCUT2D eigenvalue weighted by Crippen LogP contribution is -2.60. The molecule has 1 fully saturated rings. The van der Waals surface area contributed by atoms with Crippen molar-refractivity contribution in [1.29, 1.82) is 0 Å². The summed E-state index contributed by atoms with van der Waals surface area (Å²) in [5, 5.41) is 54.2. The van der Waals surface area contributed by atoms with Crippen LogP contribution in [0.25, 0.3) is 0 Å². The van der Waals surface area contributed by atoms with Crippen LogP contribution in [-0.2, 0) is 14.3 Å². The van der Waals surface area contributed by atoms with Crippen molar-refractivity contribution >= 4 is 5.91 Å². The molecule has 0 saturated carbocycles. The van der Waals surface area contributed by atoms with Gasteiger partial charge in [0.15, 0.2) is 6.29 Å². The molecule has 1 amide bonds. The van der Waals surface area contributed by atoms with Crippen LogP contribution in [0.15, 0.2) is 48.6 Å². The molecule has 6 N–H and O–H groups in total. The van der Waals surface area contributed by atoms with Crippen molar-refractivity contribution in [3.8, 4) is 0 Å². The summed E-state index contributed by atoms with van der Waals surface area (Å²) in [5.74, 6) is -0.202. The minimum Gasteiger partial charge on any atom is -0.394 e. The third-order valence-electron chi connectivity index (χ3n) is 11.4. The van der Waals surface area contributed by atoms with E-state index in [9.17, 15) is 30.3 Å². The number of allylic oxidation sites excluding steroid dienone is 7. The van der Waals surface area contributed by atoms with Crippen molar-refractivity contribution < 1.29 is 39.8 Å². The zero-order valence-corrected chi connectivity index (χ0v) is 37.7. The predicted octanol–water partition coefficient (Wildman–Crippen LogP) is 10.6. The van der Waals surface area contributed by atoms with Gasteiger partial charge < -0.3 is 40.3 Å². The van der Waals surface area contributed by atoms with Gasteiger partial charge in [0.05, 0.1) is 25.4 Å². The van der Waals surface area contributed by atoms with Gasteiger partial charge in [0.25, 0.3) is 0 Å². The topological polar surface area (TPSA) is 149 Å². The van der Waals surface area contributed by atoms with Crippen LogP contribution in [0, 0.1) is 0 Å². The van der Waals surface area contributed by atoms with Crippen molar-refractivity contribution in [2.45, 2.75) is 249 Å². The van der Waals surface area contributed by atoms with Gasteiger partial charge in [-0.1, -0.05) is 191 Å². The molecule has 0 aromatic heterocycles. The van der Waals surface area contributed by atoms with Crippen molar-refractivity contribution in [2.75, 3.05) is 13.2 Å². The highest BCUT2D eigenvalue weighted by Gasteiger charge is 2.44. The molecule has 9 nitrogen and oxygen atoms in total. The number of carbonyl (C=O) groups is 1. The zero-order valence-electron chi connectivity index (χ0n) is 37.7. The summed E-state index contributed by atoms with van der Waals surface area (Å²) < 4.78 is 11.2. The number of ether oxygens (including phenoxy) is 2. The Bertz CT molecular complexity index is 1060. The van der Waals surface area contributed by atoms with E-state index in [1.807, 2.05) is 6.08 Å². The molecule has 9 heteroatoms. The largest absolute Gasteiger partial charge is 0.394 e. The lowest BCUT2D eigenvalue weighted by molar-refractivity contribution is -0.302. The maximum absolute atomic E-state index is 12.9. The van der Waals surface area contributed by atoms with Crippen LogP contribution in [0.3, 0.4) is 0 Å². The van der Waals surface area contributed by atoms with E-state index in [0.29, 0.717) is 6.42 Å². The number of hydrogen-bond donors (Lipinski definition) is 6. The number of aliphatic hydroxyl groups is 5. The van der Waals surface area contributed by atoms with Crippen LogP contribution in [0.4, 0.5) is 0 Å². The summed E-state index contributed by atoms with van der Waals surface area (Å²) >= 11 is 0. The fourth-order valence-electron chi connectivity index (χ4n) is 7.42. The number of hydrogen-bond acceptors (Lipinski definition) is 8. The minimum atomic E-state index is -1.57. The average Bonchev–Trinajstić information content (AvgIpc) is 3.23. The Hall–Kier alpha value is -1.85. The Labute approximate surface area is 361 Å². The fourth-order valence-corrected chi connectivity index (χ4v) is 7.42. The second-order valence-corrected chi connectivity index (χ2v) is 16.9. The number of carbonyl (C=O) groups excluding carboxylic acids is 1. The van der Waals surface area contributed by atoms with Gasteiger partial charge in [-0.15, -0.1) is 0 Å². The van der Waals surface area contributed by atoms with Crippen molar-refractivity contribution in [3.63, 3.8) is 0 Å². The number of rotatable bonds is 40. The van der Waals surface area contributed by atoms with Crippen molar-refractivity contribution in [2.24, 2.45) is 0 Å². The van der Waals surface area contributed by atoms with E-state index in [2.05, 4.69) is 55.6 Å². The van der Waals surface area contributed by atoms with Gasteiger partial charge in [-0.2, -0.15) is 0 Å². The van der Waals surface area contributed by atoms with Gasteiger partial charge in [-0.25, -0.2) is 0 Å². The Morgan fingerprint density at radius 3 is 1.58 bits per heavy atom. The maximum Gasteiger partial charge on any atom is 0.220 e. The predicted molar refractivity (Wildman–Crippen MR) is 244 cm³/mol. The summed E-state index contributed by atoms with van der Waals surface area (Å²) in [6.45, 7) is 3.71. The van der Waals surface area contributed by atoms with Gasteiger partial charge in [-0.05, 0) is 57.8 Å². The molecule has 7 atom stereocenters.